The lowest BCUT2D eigenvalue weighted by atomic mass is 10.0. The van der Waals surface area contributed by atoms with E-state index >= 15 is 0 Å². The smallest absolute Gasteiger partial charge is 0.326 e. The lowest BCUT2D eigenvalue weighted by Gasteiger charge is -2.25. The van der Waals surface area contributed by atoms with Gasteiger partial charge in [0.15, 0.2) is 0 Å². The summed E-state index contributed by atoms with van der Waals surface area (Å²) in [6.07, 6.45) is 1.97. The number of nitrogens with one attached hydrogen (secondary N) is 4. The first kappa shape index (κ1) is 31.4. The zero-order chi connectivity index (χ0) is 29.7. The first-order valence-corrected chi connectivity index (χ1v) is 12.4. The van der Waals surface area contributed by atoms with Crippen molar-refractivity contribution in [2.24, 2.45) is 17.2 Å². The molecule has 1 aromatic carbocycles. The molecule has 15 heteroatoms. The number of nitrogens with zero attached hydrogens (tertiary/aromatic N) is 1. The van der Waals surface area contributed by atoms with Crippen molar-refractivity contribution in [3.05, 3.63) is 54.1 Å². The predicted molar refractivity (Wildman–Crippen MR) is 141 cm³/mol. The van der Waals surface area contributed by atoms with E-state index in [-0.39, 0.29) is 38.5 Å². The van der Waals surface area contributed by atoms with Crippen LogP contribution in [-0.2, 0) is 41.6 Å². The third kappa shape index (κ3) is 10.9. The Morgan fingerprint density at radius 2 is 1.38 bits per heavy atom. The number of carboxylic acid groups (broad SMARTS) is 1. The number of aromatic amines is 1. The second kappa shape index (κ2) is 15.6. The number of carbonyl (C=O) groups excluding carboxylic acids is 5. The number of amides is 5. The van der Waals surface area contributed by atoms with E-state index in [9.17, 15) is 33.9 Å². The van der Waals surface area contributed by atoms with Crippen molar-refractivity contribution >= 4 is 35.5 Å². The molecule has 0 aliphatic rings. The molecular weight excluding hydrogens is 524 g/mol. The molecular formula is C25H34N8O7. The second-order valence-electron chi connectivity index (χ2n) is 9.11. The molecule has 11 N–H and O–H groups in total. The minimum Gasteiger partial charge on any atom is -0.480 e. The summed E-state index contributed by atoms with van der Waals surface area (Å²) in [6.45, 7) is 0. The second-order valence-corrected chi connectivity index (χ2v) is 9.11. The van der Waals surface area contributed by atoms with Gasteiger partial charge in [-0.1, -0.05) is 30.3 Å². The fraction of sp³-hybridized carbons (Fsp3) is 0.400. The number of nitrogens with two attached hydrogens (primary N) is 3. The summed E-state index contributed by atoms with van der Waals surface area (Å²) >= 11 is 0. The lowest BCUT2D eigenvalue weighted by molar-refractivity contribution is -0.142. The van der Waals surface area contributed by atoms with Crippen LogP contribution in [-0.4, -0.2) is 74.7 Å². The molecule has 2 rings (SSSR count). The van der Waals surface area contributed by atoms with Crippen LogP contribution in [0.4, 0.5) is 0 Å². The first-order valence-electron chi connectivity index (χ1n) is 12.4. The molecule has 216 valence electrons. The highest BCUT2D eigenvalue weighted by molar-refractivity contribution is 5.94. The van der Waals surface area contributed by atoms with Crippen LogP contribution >= 0.6 is 0 Å². The molecule has 0 radical (unpaired) electrons. The van der Waals surface area contributed by atoms with Crippen molar-refractivity contribution in [3.63, 3.8) is 0 Å². The van der Waals surface area contributed by atoms with E-state index in [2.05, 4.69) is 25.9 Å². The Morgan fingerprint density at radius 3 is 1.95 bits per heavy atom. The van der Waals surface area contributed by atoms with E-state index in [1.54, 1.807) is 30.3 Å². The summed E-state index contributed by atoms with van der Waals surface area (Å²) in [7, 11) is 0. The van der Waals surface area contributed by atoms with Crippen molar-refractivity contribution < 1.29 is 33.9 Å². The van der Waals surface area contributed by atoms with E-state index in [1.165, 1.54) is 12.5 Å². The number of benzene rings is 1. The molecule has 4 atom stereocenters. The van der Waals surface area contributed by atoms with Gasteiger partial charge in [-0.15, -0.1) is 0 Å². The van der Waals surface area contributed by atoms with Gasteiger partial charge in [0.05, 0.1) is 12.4 Å². The lowest BCUT2D eigenvalue weighted by Crippen LogP contribution is -2.58. The van der Waals surface area contributed by atoms with Crippen LogP contribution in [0.3, 0.4) is 0 Å². The van der Waals surface area contributed by atoms with E-state index in [0.29, 0.717) is 11.3 Å². The summed E-state index contributed by atoms with van der Waals surface area (Å²) in [5, 5.41) is 17.1. The van der Waals surface area contributed by atoms with E-state index < -0.39 is 59.7 Å². The molecule has 0 saturated carbocycles. The molecule has 0 bridgehead atoms. The van der Waals surface area contributed by atoms with Crippen LogP contribution in [0.5, 0.6) is 0 Å². The Labute approximate surface area is 229 Å². The molecule has 0 fully saturated rings. The summed E-state index contributed by atoms with van der Waals surface area (Å²) in [5.41, 5.74) is 17.2. The molecule has 0 saturated heterocycles. The Kier molecular flexibility index (Phi) is 12.2. The Morgan fingerprint density at radius 1 is 0.800 bits per heavy atom. The maximum Gasteiger partial charge on any atom is 0.326 e. The molecule has 0 aliphatic heterocycles. The van der Waals surface area contributed by atoms with Crippen molar-refractivity contribution in [3.8, 4) is 0 Å². The number of carbonyl (C=O) groups is 6. The number of aromatic nitrogens is 2. The zero-order valence-corrected chi connectivity index (χ0v) is 21.7. The number of imidazole rings is 1. The molecule has 15 nitrogen and oxygen atoms in total. The van der Waals surface area contributed by atoms with E-state index in [0.717, 1.165) is 0 Å². The average Bonchev–Trinajstić information content (AvgIpc) is 3.42. The minimum atomic E-state index is -1.32. The number of aliphatic carboxylic acids is 1. The number of hydrogen-bond acceptors (Lipinski definition) is 8. The molecule has 4 unspecified atom stereocenters. The molecule has 1 aromatic heterocycles. The van der Waals surface area contributed by atoms with E-state index in [4.69, 9.17) is 17.2 Å². The summed E-state index contributed by atoms with van der Waals surface area (Å²) < 4.78 is 0. The quantitative estimate of drug-likeness (QED) is 0.103. The molecule has 40 heavy (non-hydrogen) atoms. The van der Waals surface area contributed by atoms with Gasteiger partial charge < -0.3 is 43.2 Å². The topological polar surface area (TPSA) is 265 Å². The van der Waals surface area contributed by atoms with Gasteiger partial charge >= 0.3 is 5.97 Å². The van der Waals surface area contributed by atoms with Gasteiger partial charge in [-0.05, 0) is 18.4 Å². The van der Waals surface area contributed by atoms with Crippen LogP contribution in [0.2, 0.25) is 0 Å². The van der Waals surface area contributed by atoms with Gasteiger partial charge in [0.1, 0.15) is 18.1 Å². The third-order valence-corrected chi connectivity index (χ3v) is 5.86. The van der Waals surface area contributed by atoms with Gasteiger partial charge in [-0.25, -0.2) is 9.78 Å². The van der Waals surface area contributed by atoms with Crippen LogP contribution in [0, 0.1) is 0 Å². The number of rotatable bonds is 17. The highest BCUT2D eigenvalue weighted by Gasteiger charge is 2.31. The van der Waals surface area contributed by atoms with Crippen LogP contribution in [0.25, 0.3) is 0 Å². The van der Waals surface area contributed by atoms with Crippen molar-refractivity contribution in [2.45, 2.75) is 62.7 Å². The van der Waals surface area contributed by atoms with Crippen molar-refractivity contribution in [1.29, 1.82) is 0 Å². The summed E-state index contributed by atoms with van der Waals surface area (Å²) in [6, 6.07) is 3.58. The monoisotopic (exact) mass is 558 g/mol. The van der Waals surface area contributed by atoms with Gasteiger partial charge in [0.2, 0.25) is 29.5 Å². The fourth-order valence-electron chi connectivity index (χ4n) is 3.68. The molecule has 0 spiro atoms. The van der Waals surface area contributed by atoms with Crippen LogP contribution in [0.1, 0.15) is 36.9 Å². The SMILES string of the molecule is NC(=O)CCC(N)C(=O)NC(CCC(N)=O)C(=O)NC(Cc1cnc[nH]1)C(=O)NC(Cc1ccccc1)C(=O)O. The predicted octanol–water partition coefficient (Wildman–Crippen LogP) is -2.41. The van der Waals surface area contributed by atoms with Crippen LogP contribution < -0.4 is 33.2 Å². The van der Waals surface area contributed by atoms with Gasteiger partial charge in [-0.3, -0.25) is 24.0 Å². The third-order valence-electron chi connectivity index (χ3n) is 5.86. The maximum absolute atomic E-state index is 13.2. The molecule has 1 heterocycles. The Balaban J connectivity index is 2.20. The number of hydrogen-bond donors (Lipinski definition) is 8. The Bertz CT molecular complexity index is 1170. The van der Waals surface area contributed by atoms with Crippen LogP contribution in [0.15, 0.2) is 42.9 Å². The summed E-state index contributed by atoms with van der Waals surface area (Å²) in [4.78, 5) is 79.9. The highest BCUT2D eigenvalue weighted by Crippen LogP contribution is 2.07. The number of primary amides is 2. The van der Waals surface area contributed by atoms with Crippen molar-refractivity contribution in [1.82, 2.24) is 25.9 Å². The van der Waals surface area contributed by atoms with Crippen molar-refractivity contribution in [2.75, 3.05) is 0 Å². The number of H-pyrrole nitrogens is 1. The highest BCUT2D eigenvalue weighted by atomic mass is 16.4. The number of carboxylic acids is 1. The van der Waals surface area contributed by atoms with Gasteiger partial charge in [-0.2, -0.15) is 0 Å². The largest absolute Gasteiger partial charge is 0.480 e. The fourth-order valence-corrected chi connectivity index (χ4v) is 3.68. The van der Waals surface area contributed by atoms with Gasteiger partial charge in [0.25, 0.3) is 0 Å². The normalized spacial score (nSPS) is 13.7. The van der Waals surface area contributed by atoms with Gasteiger partial charge in [0, 0.05) is 37.6 Å². The minimum absolute atomic E-state index is 0.00682. The zero-order valence-electron chi connectivity index (χ0n) is 21.7. The summed E-state index contributed by atoms with van der Waals surface area (Å²) in [5.74, 6) is -5.10. The van der Waals surface area contributed by atoms with E-state index in [1.807, 2.05) is 0 Å². The molecule has 0 aliphatic carbocycles. The molecule has 5 amide bonds. The molecule has 2 aromatic rings. The average molecular weight is 559 g/mol. The first-order chi connectivity index (χ1) is 19.0. The maximum atomic E-state index is 13.2. The Hall–Kier alpha value is -4.79. The standard InChI is InChI=1S/C25H34N8O7/c26-16(6-8-20(27)34)22(36)31-17(7-9-21(28)35)23(37)32-18(11-15-12-29-13-30-15)24(38)33-19(25(39)40)10-14-4-2-1-3-5-14/h1-5,12-13,16-19H,6-11,26H2,(H2,27,34)(H2,28,35)(H,29,30)(H,31,36)(H,32,37)(H,33,38)(H,39,40).